The molecule has 102 valence electrons. The standard InChI is InChI=1S/C15H19NO3/c1-4-18-15(19-5-2)13-10-16(11(3)17)14-9-7-6-8-12(13)14/h6-10,15H,4-5H2,1-3H3. The van der Waals surface area contributed by atoms with Gasteiger partial charge in [-0.05, 0) is 19.9 Å². The van der Waals surface area contributed by atoms with Gasteiger partial charge in [0.05, 0.1) is 5.52 Å². The van der Waals surface area contributed by atoms with Crippen LogP contribution in [0.2, 0.25) is 0 Å². The summed E-state index contributed by atoms with van der Waals surface area (Å²) in [4.78, 5) is 11.7. The average Bonchev–Trinajstić information content (AvgIpc) is 2.78. The van der Waals surface area contributed by atoms with Gasteiger partial charge in [0.2, 0.25) is 5.91 Å². The molecule has 0 saturated heterocycles. The maximum absolute atomic E-state index is 11.7. The summed E-state index contributed by atoms with van der Waals surface area (Å²) in [5.41, 5.74) is 1.78. The molecule has 0 fully saturated rings. The third-order valence-corrected chi connectivity index (χ3v) is 2.97. The predicted molar refractivity (Wildman–Crippen MR) is 74.2 cm³/mol. The molecule has 0 atom stereocenters. The molecule has 0 amide bonds. The third kappa shape index (κ3) is 2.69. The first kappa shape index (κ1) is 13.8. The number of rotatable bonds is 5. The summed E-state index contributed by atoms with van der Waals surface area (Å²) in [5, 5.41) is 0.990. The minimum atomic E-state index is -0.430. The molecular formula is C15H19NO3. The van der Waals surface area contributed by atoms with E-state index in [4.69, 9.17) is 9.47 Å². The second-order valence-corrected chi connectivity index (χ2v) is 4.23. The number of hydrogen-bond donors (Lipinski definition) is 0. The summed E-state index contributed by atoms with van der Waals surface area (Å²) in [6.07, 6.45) is 1.38. The number of carbonyl (C=O) groups is 1. The Kier molecular flexibility index (Phi) is 4.35. The Hall–Kier alpha value is -1.65. The Bertz CT molecular complexity index is 568. The van der Waals surface area contributed by atoms with E-state index in [2.05, 4.69) is 0 Å². The van der Waals surface area contributed by atoms with E-state index in [9.17, 15) is 4.79 Å². The van der Waals surface area contributed by atoms with Crippen molar-refractivity contribution in [2.45, 2.75) is 27.1 Å². The lowest BCUT2D eigenvalue weighted by atomic mass is 10.1. The molecule has 4 heteroatoms. The molecule has 0 bridgehead atoms. The number of benzene rings is 1. The second kappa shape index (κ2) is 5.99. The molecule has 2 aromatic rings. The fourth-order valence-electron chi connectivity index (χ4n) is 2.18. The number of ether oxygens (including phenoxy) is 2. The molecular weight excluding hydrogens is 242 g/mol. The van der Waals surface area contributed by atoms with Gasteiger partial charge in [0.15, 0.2) is 6.29 Å². The average molecular weight is 261 g/mol. The van der Waals surface area contributed by atoms with E-state index >= 15 is 0 Å². The maximum Gasteiger partial charge on any atom is 0.227 e. The summed E-state index contributed by atoms with van der Waals surface area (Å²) in [5.74, 6) is -0.0193. The highest BCUT2D eigenvalue weighted by atomic mass is 16.7. The Labute approximate surface area is 112 Å². The second-order valence-electron chi connectivity index (χ2n) is 4.23. The summed E-state index contributed by atoms with van der Waals surface area (Å²) in [6, 6.07) is 7.78. The molecule has 0 aliphatic rings. The fraction of sp³-hybridized carbons (Fsp3) is 0.400. The van der Waals surface area contributed by atoms with E-state index < -0.39 is 6.29 Å². The van der Waals surface area contributed by atoms with Crippen LogP contribution in [0.1, 0.15) is 37.4 Å². The largest absolute Gasteiger partial charge is 0.349 e. The predicted octanol–water partition coefficient (Wildman–Crippen LogP) is 3.37. The van der Waals surface area contributed by atoms with Crippen molar-refractivity contribution in [1.29, 1.82) is 0 Å². The van der Waals surface area contributed by atoms with Crippen molar-refractivity contribution in [3.8, 4) is 0 Å². The Morgan fingerprint density at radius 3 is 2.42 bits per heavy atom. The van der Waals surface area contributed by atoms with Gasteiger partial charge in [0, 0.05) is 37.3 Å². The van der Waals surface area contributed by atoms with Crippen LogP contribution in [-0.2, 0) is 9.47 Å². The Balaban J connectivity index is 2.55. The van der Waals surface area contributed by atoms with Crippen LogP contribution in [0.3, 0.4) is 0 Å². The molecule has 0 saturated carbocycles. The van der Waals surface area contributed by atoms with Gasteiger partial charge in [0.25, 0.3) is 0 Å². The Morgan fingerprint density at radius 2 is 1.84 bits per heavy atom. The van der Waals surface area contributed by atoms with Crippen LogP contribution < -0.4 is 0 Å². The van der Waals surface area contributed by atoms with Gasteiger partial charge in [-0.1, -0.05) is 18.2 Å². The van der Waals surface area contributed by atoms with Crippen LogP contribution in [0.4, 0.5) is 0 Å². The topological polar surface area (TPSA) is 40.5 Å². The van der Waals surface area contributed by atoms with Gasteiger partial charge < -0.3 is 9.47 Å². The van der Waals surface area contributed by atoms with E-state index in [0.29, 0.717) is 13.2 Å². The smallest absolute Gasteiger partial charge is 0.227 e. The van der Waals surface area contributed by atoms with Crippen molar-refractivity contribution in [1.82, 2.24) is 4.57 Å². The van der Waals surface area contributed by atoms with E-state index in [0.717, 1.165) is 16.5 Å². The first-order valence-electron chi connectivity index (χ1n) is 6.53. The number of hydrogen-bond acceptors (Lipinski definition) is 3. The van der Waals surface area contributed by atoms with Crippen LogP contribution >= 0.6 is 0 Å². The molecule has 0 radical (unpaired) electrons. The van der Waals surface area contributed by atoms with Crippen molar-refractivity contribution < 1.29 is 14.3 Å². The van der Waals surface area contributed by atoms with Gasteiger partial charge in [-0.15, -0.1) is 0 Å². The van der Waals surface area contributed by atoms with Crippen molar-refractivity contribution >= 4 is 16.8 Å². The Morgan fingerprint density at radius 1 is 1.21 bits per heavy atom. The van der Waals surface area contributed by atoms with Gasteiger partial charge in [-0.2, -0.15) is 0 Å². The van der Waals surface area contributed by atoms with Crippen LogP contribution in [0.15, 0.2) is 30.5 Å². The van der Waals surface area contributed by atoms with Gasteiger partial charge in [-0.3, -0.25) is 9.36 Å². The van der Waals surface area contributed by atoms with Crippen molar-refractivity contribution in [2.75, 3.05) is 13.2 Å². The molecule has 2 rings (SSSR count). The zero-order valence-corrected chi connectivity index (χ0v) is 11.6. The SMILES string of the molecule is CCOC(OCC)c1cn(C(C)=O)c2ccccc12. The van der Waals surface area contributed by atoms with Crippen molar-refractivity contribution in [3.63, 3.8) is 0 Å². The van der Waals surface area contributed by atoms with Crippen LogP contribution in [0.5, 0.6) is 0 Å². The van der Waals surface area contributed by atoms with Crippen molar-refractivity contribution in [3.05, 3.63) is 36.0 Å². The molecule has 0 spiro atoms. The molecule has 4 nitrogen and oxygen atoms in total. The summed E-state index contributed by atoms with van der Waals surface area (Å²) < 4.78 is 12.9. The molecule has 0 aliphatic heterocycles. The monoisotopic (exact) mass is 261 g/mol. The molecule has 0 aliphatic carbocycles. The quantitative estimate of drug-likeness (QED) is 0.775. The van der Waals surface area contributed by atoms with E-state index in [1.165, 1.54) is 0 Å². The zero-order chi connectivity index (χ0) is 13.8. The minimum Gasteiger partial charge on any atom is -0.349 e. The highest BCUT2D eigenvalue weighted by Gasteiger charge is 2.19. The molecule has 0 unspecified atom stereocenters. The van der Waals surface area contributed by atoms with Gasteiger partial charge in [0.1, 0.15) is 0 Å². The zero-order valence-electron chi connectivity index (χ0n) is 11.6. The lowest BCUT2D eigenvalue weighted by Gasteiger charge is -2.16. The molecule has 0 N–H and O–H groups in total. The van der Waals surface area contributed by atoms with Crippen LogP contribution in [-0.4, -0.2) is 23.7 Å². The lowest BCUT2D eigenvalue weighted by molar-refractivity contribution is -0.139. The molecule has 1 heterocycles. The fourth-order valence-corrected chi connectivity index (χ4v) is 2.18. The number of fused-ring (bicyclic) bond motifs is 1. The number of carbonyl (C=O) groups excluding carboxylic acids is 1. The maximum atomic E-state index is 11.7. The van der Waals surface area contributed by atoms with Gasteiger partial charge >= 0.3 is 0 Å². The van der Waals surface area contributed by atoms with Crippen LogP contribution in [0.25, 0.3) is 10.9 Å². The lowest BCUT2D eigenvalue weighted by Crippen LogP contribution is -2.09. The highest BCUT2D eigenvalue weighted by Crippen LogP contribution is 2.29. The van der Waals surface area contributed by atoms with Gasteiger partial charge in [-0.25, -0.2) is 0 Å². The van der Waals surface area contributed by atoms with Crippen LogP contribution in [0, 0.1) is 0 Å². The first-order valence-corrected chi connectivity index (χ1v) is 6.53. The summed E-state index contributed by atoms with van der Waals surface area (Å²) in [6.45, 7) is 6.52. The first-order chi connectivity index (χ1) is 9.19. The molecule has 19 heavy (non-hydrogen) atoms. The highest BCUT2D eigenvalue weighted by molar-refractivity contribution is 5.93. The van der Waals surface area contributed by atoms with E-state index in [1.807, 2.05) is 44.3 Å². The summed E-state index contributed by atoms with van der Waals surface area (Å²) in [7, 11) is 0. The van der Waals surface area contributed by atoms with Crippen molar-refractivity contribution in [2.24, 2.45) is 0 Å². The number of nitrogens with zero attached hydrogens (tertiary/aromatic N) is 1. The molecule has 1 aromatic heterocycles. The third-order valence-electron chi connectivity index (χ3n) is 2.97. The normalized spacial score (nSPS) is 11.4. The van der Waals surface area contributed by atoms with E-state index in [-0.39, 0.29) is 5.91 Å². The summed E-state index contributed by atoms with van der Waals surface area (Å²) >= 11 is 0. The minimum absolute atomic E-state index is 0.0193. The van der Waals surface area contributed by atoms with E-state index in [1.54, 1.807) is 11.5 Å². The molecule has 1 aromatic carbocycles. The number of aromatic nitrogens is 1. The number of para-hydroxylation sites is 1.